The number of nitrogens with one attached hydrogen (secondary N) is 3. The Morgan fingerprint density at radius 1 is 1.42 bits per heavy atom. The lowest BCUT2D eigenvalue weighted by molar-refractivity contribution is -0.123. The molecule has 1 aliphatic rings. The highest BCUT2D eigenvalue weighted by Crippen LogP contribution is 2.20. The van der Waals surface area contributed by atoms with E-state index in [1.807, 2.05) is 13.8 Å². The summed E-state index contributed by atoms with van der Waals surface area (Å²) in [5.41, 5.74) is 2.44. The van der Waals surface area contributed by atoms with Crippen molar-refractivity contribution in [3.63, 3.8) is 0 Å². The molecular formula is C16H18FN5O2. The predicted molar refractivity (Wildman–Crippen MR) is 85.1 cm³/mol. The Bertz CT molecular complexity index is 771. The average Bonchev–Trinajstić information content (AvgIpc) is 3.14. The molecule has 0 saturated carbocycles. The molecule has 3 rings (SSSR count). The third-order valence-corrected chi connectivity index (χ3v) is 4.03. The van der Waals surface area contributed by atoms with E-state index in [9.17, 15) is 14.0 Å². The molecule has 2 aromatic rings. The van der Waals surface area contributed by atoms with E-state index in [2.05, 4.69) is 21.0 Å². The standard InChI is InChI=1S/C16H18FN5O2/c1-9(20-15(23)14-8-18-16(24)21-14)13-7-19-22(10(13)2)12-5-3-11(17)4-6-12/h3-7,9,14H,8H2,1-2H3,(H,20,23)(H2,18,21,24)/t9-,14-/m0/s1. The van der Waals surface area contributed by atoms with Gasteiger partial charge in [-0.3, -0.25) is 4.79 Å². The number of aromatic nitrogens is 2. The van der Waals surface area contributed by atoms with E-state index in [1.165, 1.54) is 12.1 Å². The quantitative estimate of drug-likeness (QED) is 0.786. The molecule has 1 fully saturated rings. The van der Waals surface area contributed by atoms with E-state index < -0.39 is 6.04 Å². The van der Waals surface area contributed by atoms with Crippen LogP contribution in [0.3, 0.4) is 0 Å². The van der Waals surface area contributed by atoms with Gasteiger partial charge < -0.3 is 16.0 Å². The van der Waals surface area contributed by atoms with Crippen molar-refractivity contribution in [1.29, 1.82) is 0 Å². The van der Waals surface area contributed by atoms with Gasteiger partial charge in [-0.25, -0.2) is 13.9 Å². The highest BCUT2D eigenvalue weighted by molar-refractivity contribution is 5.90. The number of hydrogen-bond donors (Lipinski definition) is 3. The van der Waals surface area contributed by atoms with Crippen LogP contribution in [0.1, 0.15) is 24.2 Å². The number of nitrogens with zero attached hydrogens (tertiary/aromatic N) is 2. The average molecular weight is 331 g/mol. The first kappa shape index (κ1) is 16.0. The normalized spacial score (nSPS) is 18.0. The van der Waals surface area contributed by atoms with Crippen molar-refractivity contribution in [1.82, 2.24) is 25.7 Å². The third-order valence-electron chi connectivity index (χ3n) is 4.03. The number of hydrogen-bond acceptors (Lipinski definition) is 3. The maximum Gasteiger partial charge on any atom is 0.315 e. The van der Waals surface area contributed by atoms with Crippen molar-refractivity contribution in [3.05, 3.63) is 47.5 Å². The Kier molecular flexibility index (Phi) is 4.20. The monoisotopic (exact) mass is 331 g/mol. The lowest BCUT2D eigenvalue weighted by atomic mass is 10.1. The number of amides is 3. The first-order chi connectivity index (χ1) is 11.5. The minimum atomic E-state index is -0.576. The Morgan fingerprint density at radius 3 is 2.75 bits per heavy atom. The summed E-state index contributed by atoms with van der Waals surface area (Å²) in [4.78, 5) is 23.3. The minimum Gasteiger partial charge on any atom is -0.348 e. The molecule has 3 amide bonds. The molecule has 0 radical (unpaired) electrons. The zero-order valence-electron chi connectivity index (χ0n) is 13.3. The number of carbonyl (C=O) groups is 2. The van der Waals surface area contributed by atoms with E-state index >= 15 is 0 Å². The Labute approximate surface area is 138 Å². The molecule has 0 bridgehead atoms. The van der Waals surface area contributed by atoms with Crippen LogP contribution in [0.4, 0.5) is 9.18 Å². The van der Waals surface area contributed by atoms with Crippen LogP contribution in [0.5, 0.6) is 0 Å². The van der Waals surface area contributed by atoms with Gasteiger partial charge in [-0.15, -0.1) is 0 Å². The number of carbonyl (C=O) groups excluding carboxylic acids is 2. The molecule has 1 aromatic carbocycles. The molecule has 1 saturated heterocycles. The molecule has 0 unspecified atom stereocenters. The fourth-order valence-electron chi connectivity index (χ4n) is 2.70. The summed E-state index contributed by atoms with van der Waals surface area (Å²) in [6, 6.07) is 4.83. The molecule has 3 N–H and O–H groups in total. The van der Waals surface area contributed by atoms with Crippen LogP contribution in [0, 0.1) is 12.7 Å². The van der Waals surface area contributed by atoms with Crippen molar-refractivity contribution in [2.24, 2.45) is 0 Å². The van der Waals surface area contributed by atoms with E-state index in [4.69, 9.17) is 0 Å². The van der Waals surface area contributed by atoms with Crippen molar-refractivity contribution in [2.45, 2.75) is 25.9 Å². The van der Waals surface area contributed by atoms with Crippen LogP contribution in [-0.4, -0.2) is 34.3 Å². The molecule has 7 nitrogen and oxygen atoms in total. The maximum atomic E-state index is 13.0. The topological polar surface area (TPSA) is 88.1 Å². The minimum absolute atomic E-state index is 0.255. The largest absolute Gasteiger partial charge is 0.348 e. The van der Waals surface area contributed by atoms with Crippen LogP contribution >= 0.6 is 0 Å². The smallest absolute Gasteiger partial charge is 0.315 e. The van der Waals surface area contributed by atoms with Gasteiger partial charge in [-0.2, -0.15) is 5.10 Å². The van der Waals surface area contributed by atoms with Crippen molar-refractivity contribution < 1.29 is 14.0 Å². The molecule has 8 heteroatoms. The molecule has 1 aromatic heterocycles. The van der Waals surface area contributed by atoms with Crippen molar-refractivity contribution in [2.75, 3.05) is 6.54 Å². The zero-order chi connectivity index (χ0) is 17.3. The van der Waals surface area contributed by atoms with Gasteiger partial charge in [0.1, 0.15) is 11.9 Å². The van der Waals surface area contributed by atoms with Crippen molar-refractivity contribution in [3.8, 4) is 5.69 Å². The third kappa shape index (κ3) is 3.08. The maximum absolute atomic E-state index is 13.0. The molecule has 126 valence electrons. The summed E-state index contributed by atoms with van der Waals surface area (Å²) < 4.78 is 14.7. The Morgan fingerprint density at radius 2 is 2.12 bits per heavy atom. The van der Waals surface area contributed by atoms with Crippen LogP contribution in [0.25, 0.3) is 5.69 Å². The summed E-state index contributed by atoms with van der Waals surface area (Å²) in [6.07, 6.45) is 1.68. The zero-order valence-corrected chi connectivity index (χ0v) is 13.3. The highest BCUT2D eigenvalue weighted by atomic mass is 19.1. The number of benzene rings is 1. The Balaban J connectivity index is 1.74. The summed E-state index contributed by atoms with van der Waals surface area (Å²) >= 11 is 0. The van der Waals surface area contributed by atoms with Gasteiger partial charge in [0.15, 0.2) is 0 Å². The Hall–Kier alpha value is -2.90. The van der Waals surface area contributed by atoms with Crippen LogP contribution < -0.4 is 16.0 Å². The van der Waals surface area contributed by atoms with Gasteiger partial charge in [-0.1, -0.05) is 0 Å². The fourth-order valence-corrected chi connectivity index (χ4v) is 2.70. The lowest BCUT2D eigenvalue weighted by Gasteiger charge is -2.16. The molecular weight excluding hydrogens is 313 g/mol. The second kappa shape index (κ2) is 6.31. The fraction of sp³-hybridized carbons (Fsp3) is 0.312. The van der Waals surface area contributed by atoms with Crippen LogP contribution in [0.2, 0.25) is 0 Å². The molecule has 0 spiro atoms. The first-order valence-electron chi connectivity index (χ1n) is 7.61. The SMILES string of the molecule is Cc1c([C@H](C)NC(=O)[C@@H]2CNC(=O)N2)cnn1-c1ccc(F)cc1. The second-order valence-corrected chi connectivity index (χ2v) is 5.71. The van der Waals surface area contributed by atoms with Crippen LogP contribution in [0.15, 0.2) is 30.5 Å². The molecule has 24 heavy (non-hydrogen) atoms. The highest BCUT2D eigenvalue weighted by Gasteiger charge is 2.28. The van der Waals surface area contributed by atoms with E-state index in [0.29, 0.717) is 0 Å². The first-order valence-corrected chi connectivity index (χ1v) is 7.61. The van der Waals surface area contributed by atoms with Gasteiger partial charge in [0.2, 0.25) is 5.91 Å². The summed E-state index contributed by atoms with van der Waals surface area (Å²) in [6.45, 7) is 4.00. The molecule has 1 aliphatic heterocycles. The van der Waals surface area contributed by atoms with E-state index in [-0.39, 0.29) is 30.3 Å². The van der Waals surface area contributed by atoms with Gasteiger partial charge in [0, 0.05) is 17.8 Å². The van der Waals surface area contributed by atoms with E-state index in [1.54, 1.807) is 23.0 Å². The number of rotatable bonds is 4. The summed E-state index contributed by atoms with van der Waals surface area (Å²) in [5.74, 6) is -0.564. The lowest BCUT2D eigenvalue weighted by Crippen LogP contribution is -2.43. The summed E-state index contributed by atoms with van der Waals surface area (Å²) in [7, 11) is 0. The number of halogens is 1. The molecule has 2 atom stereocenters. The molecule has 0 aliphatic carbocycles. The number of urea groups is 1. The second-order valence-electron chi connectivity index (χ2n) is 5.71. The van der Waals surface area contributed by atoms with Crippen LogP contribution in [-0.2, 0) is 4.79 Å². The molecule has 2 heterocycles. The van der Waals surface area contributed by atoms with Crippen molar-refractivity contribution >= 4 is 11.9 Å². The van der Waals surface area contributed by atoms with Gasteiger partial charge in [0.05, 0.1) is 17.9 Å². The van der Waals surface area contributed by atoms with E-state index in [0.717, 1.165) is 16.9 Å². The van der Waals surface area contributed by atoms with Gasteiger partial charge in [-0.05, 0) is 38.1 Å². The van der Waals surface area contributed by atoms with Gasteiger partial charge in [0.25, 0.3) is 0 Å². The van der Waals surface area contributed by atoms with Gasteiger partial charge >= 0.3 is 6.03 Å². The predicted octanol–water partition coefficient (Wildman–Crippen LogP) is 1.18. The summed E-state index contributed by atoms with van der Waals surface area (Å²) in [5, 5.41) is 12.3.